The van der Waals surface area contributed by atoms with Crippen molar-refractivity contribution in [3.05, 3.63) is 17.7 Å². The second-order valence-corrected chi connectivity index (χ2v) is 10.3. The SMILES string of the molecule is CNc1nc(N2CCCCCCC2)ccc1C(=N)C(=N)OC(=N)C1CCCN1CCN1CCCCC1. The first-order valence-corrected chi connectivity index (χ1v) is 13.9. The van der Waals surface area contributed by atoms with Crippen molar-refractivity contribution in [2.24, 2.45) is 0 Å². The lowest BCUT2D eigenvalue weighted by molar-refractivity contribution is 0.184. The molecule has 0 saturated carbocycles. The van der Waals surface area contributed by atoms with Gasteiger partial charge in [0.05, 0.1) is 6.04 Å². The van der Waals surface area contributed by atoms with Gasteiger partial charge in [-0.1, -0.05) is 25.7 Å². The molecule has 1 atom stereocenters. The van der Waals surface area contributed by atoms with Gasteiger partial charge in [0.15, 0.2) is 0 Å². The van der Waals surface area contributed by atoms with Crippen LogP contribution in [0.2, 0.25) is 0 Å². The lowest BCUT2D eigenvalue weighted by Crippen LogP contribution is -2.43. The van der Waals surface area contributed by atoms with Gasteiger partial charge >= 0.3 is 0 Å². The molecule has 4 heterocycles. The van der Waals surface area contributed by atoms with Crippen molar-refractivity contribution in [2.45, 2.75) is 70.3 Å². The summed E-state index contributed by atoms with van der Waals surface area (Å²) in [7, 11) is 1.79. The number of rotatable bonds is 8. The first-order valence-electron chi connectivity index (χ1n) is 13.9. The highest BCUT2D eigenvalue weighted by atomic mass is 16.5. The summed E-state index contributed by atoms with van der Waals surface area (Å²) in [6, 6.07) is 3.70. The summed E-state index contributed by atoms with van der Waals surface area (Å²) in [5.41, 5.74) is 0.480. The Morgan fingerprint density at radius 1 is 0.889 bits per heavy atom. The number of ether oxygens (including phenoxy) is 1. The molecule has 3 saturated heterocycles. The number of nitrogens with one attached hydrogen (secondary N) is 4. The van der Waals surface area contributed by atoms with Gasteiger partial charge in [0, 0.05) is 38.8 Å². The quantitative estimate of drug-likeness (QED) is 0.317. The van der Waals surface area contributed by atoms with Crippen molar-refractivity contribution < 1.29 is 4.74 Å². The monoisotopic (exact) mass is 496 g/mol. The summed E-state index contributed by atoms with van der Waals surface area (Å²) >= 11 is 0. The fourth-order valence-corrected chi connectivity index (χ4v) is 5.69. The van der Waals surface area contributed by atoms with Gasteiger partial charge in [-0.2, -0.15) is 0 Å². The molecule has 3 aliphatic heterocycles. The van der Waals surface area contributed by atoms with E-state index in [-0.39, 0.29) is 23.5 Å². The van der Waals surface area contributed by atoms with Gasteiger partial charge in [-0.3, -0.25) is 21.1 Å². The molecule has 198 valence electrons. The number of pyridine rings is 1. The standard InChI is InChI=1S/C27H44N8O/c1-31-27-21(12-13-23(32-27)35-16-8-3-2-4-9-17-35)24(28)26(30)36-25(29)22-11-10-18-34(22)20-19-33-14-6-5-7-15-33/h12-13,22,28-30H,2-11,14-20H2,1H3,(H,31,32). The molecule has 9 nitrogen and oxygen atoms in total. The summed E-state index contributed by atoms with van der Waals surface area (Å²) in [6.07, 6.45) is 12.0. The molecular weight excluding hydrogens is 452 g/mol. The fraction of sp³-hybridized carbons (Fsp3) is 0.704. The highest BCUT2D eigenvalue weighted by Crippen LogP contribution is 2.24. The van der Waals surface area contributed by atoms with E-state index in [9.17, 15) is 0 Å². The molecule has 0 bridgehead atoms. The van der Waals surface area contributed by atoms with Gasteiger partial charge in [-0.25, -0.2) is 4.98 Å². The summed E-state index contributed by atoms with van der Waals surface area (Å²) in [5.74, 6) is 1.27. The van der Waals surface area contributed by atoms with E-state index in [2.05, 4.69) is 20.0 Å². The third-order valence-corrected chi connectivity index (χ3v) is 7.82. The smallest absolute Gasteiger partial charge is 0.239 e. The van der Waals surface area contributed by atoms with Crippen molar-refractivity contribution in [3.63, 3.8) is 0 Å². The van der Waals surface area contributed by atoms with Crippen LogP contribution in [0.4, 0.5) is 11.6 Å². The normalized spacial score (nSPS) is 22.0. The minimum absolute atomic E-state index is 0.0475. The molecule has 1 aromatic rings. The highest BCUT2D eigenvalue weighted by Gasteiger charge is 2.31. The molecule has 0 spiro atoms. The molecule has 36 heavy (non-hydrogen) atoms. The fourth-order valence-electron chi connectivity index (χ4n) is 5.69. The first kappa shape index (κ1) is 26.5. The van der Waals surface area contributed by atoms with Crippen molar-refractivity contribution in [1.82, 2.24) is 14.8 Å². The van der Waals surface area contributed by atoms with Gasteiger partial charge in [-0.05, 0) is 70.3 Å². The average Bonchev–Trinajstić information content (AvgIpc) is 3.36. The number of piperidine rings is 1. The molecule has 3 fully saturated rings. The summed E-state index contributed by atoms with van der Waals surface area (Å²) in [6.45, 7) is 7.25. The van der Waals surface area contributed by atoms with E-state index in [0.29, 0.717) is 11.4 Å². The van der Waals surface area contributed by atoms with Crippen LogP contribution in [-0.2, 0) is 4.74 Å². The maximum absolute atomic E-state index is 8.63. The van der Waals surface area contributed by atoms with Gasteiger partial charge in [0.25, 0.3) is 0 Å². The highest BCUT2D eigenvalue weighted by molar-refractivity contribution is 6.45. The van der Waals surface area contributed by atoms with Crippen molar-refractivity contribution in [3.8, 4) is 0 Å². The second-order valence-electron chi connectivity index (χ2n) is 10.3. The number of nitrogens with zero attached hydrogens (tertiary/aromatic N) is 4. The minimum Gasteiger partial charge on any atom is -0.422 e. The van der Waals surface area contributed by atoms with Gasteiger partial charge in [0.2, 0.25) is 11.8 Å². The Morgan fingerprint density at radius 3 is 2.28 bits per heavy atom. The molecule has 1 unspecified atom stereocenters. The van der Waals surface area contributed by atoms with Gasteiger partial charge < -0.3 is 19.9 Å². The number of likely N-dealkylation sites (tertiary alicyclic amines) is 2. The van der Waals surface area contributed by atoms with E-state index in [1.807, 2.05) is 12.1 Å². The molecule has 4 N–H and O–H groups in total. The summed E-state index contributed by atoms with van der Waals surface area (Å²) < 4.78 is 5.67. The van der Waals surface area contributed by atoms with Crippen molar-refractivity contribution in [2.75, 3.05) is 63.1 Å². The maximum atomic E-state index is 8.63. The summed E-state index contributed by atoms with van der Waals surface area (Å²) in [4.78, 5) is 11.9. The zero-order valence-electron chi connectivity index (χ0n) is 21.9. The lowest BCUT2D eigenvalue weighted by atomic mass is 10.1. The van der Waals surface area contributed by atoms with Crippen molar-refractivity contribution in [1.29, 1.82) is 16.2 Å². The minimum atomic E-state index is -0.291. The van der Waals surface area contributed by atoms with E-state index in [1.54, 1.807) is 7.05 Å². The first-order chi connectivity index (χ1) is 17.6. The predicted molar refractivity (Wildman–Crippen MR) is 147 cm³/mol. The predicted octanol–water partition coefficient (Wildman–Crippen LogP) is 4.18. The van der Waals surface area contributed by atoms with E-state index >= 15 is 0 Å². The molecule has 0 amide bonds. The van der Waals surface area contributed by atoms with Crippen LogP contribution in [0.1, 0.15) is 69.8 Å². The molecule has 1 aromatic heterocycles. The van der Waals surface area contributed by atoms with Crippen LogP contribution in [0.3, 0.4) is 0 Å². The van der Waals surface area contributed by atoms with Crippen LogP contribution in [0.5, 0.6) is 0 Å². The van der Waals surface area contributed by atoms with Crippen molar-refractivity contribution >= 4 is 29.1 Å². The third kappa shape index (κ3) is 6.82. The van der Waals surface area contributed by atoms with Crippen LogP contribution in [0.25, 0.3) is 0 Å². The molecule has 0 radical (unpaired) electrons. The molecule has 4 rings (SSSR count). The molecule has 0 aliphatic carbocycles. The second kappa shape index (κ2) is 13.1. The van der Waals surface area contributed by atoms with Gasteiger partial charge in [-0.15, -0.1) is 0 Å². The van der Waals surface area contributed by atoms with E-state index < -0.39 is 0 Å². The van der Waals surface area contributed by atoms with Crippen LogP contribution in [-0.4, -0.2) is 91.2 Å². The number of hydrogen-bond acceptors (Lipinski definition) is 9. The molecule has 0 aromatic carbocycles. The zero-order chi connectivity index (χ0) is 25.3. The molecular formula is C27H44N8O. The third-order valence-electron chi connectivity index (χ3n) is 7.82. The van der Waals surface area contributed by atoms with E-state index in [4.69, 9.17) is 25.9 Å². The number of hydrogen-bond donors (Lipinski definition) is 4. The average molecular weight is 497 g/mol. The van der Waals surface area contributed by atoms with E-state index in [1.165, 1.54) is 64.5 Å². The maximum Gasteiger partial charge on any atom is 0.239 e. The summed E-state index contributed by atoms with van der Waals surface area (Å²) in [5, 5.41) is 28.8. The number of aromatic nitrogens is 1. The Morgan fingerprint density at radius 2 is 1.56 bits per heavy atom. The lowest BCUT2D eigenvalue weighted by Gasteiger charge is -2.30. The van der Waals surface area contributed by atoms with Crippen LogP contribution >= 0.6 is 0 Å². The Bertz CT molecular complexity index is 905. The topological polar surface area (TPSA) is 115 Å². The zero-order valence-corrected chi connectivity index (χ0v) is 21.9. The molecule has 3 aliphatic rings. The Labute approximate surface area is 216 Å². The van der Waals surface area contributed by atoms with Crippen LogP contribution in [0, 0.1) is 16.2 Å². The largest absolute Gasteiger partial charge is 0.422 e. The Hall–Kier alpha value is -2.52. The Kier molecular flexibility index (Phi) is 9.69. The van der Waals surface area contributed by atoms with Crippen LogP contribution in [0.15, 0.2) is 12.1 Å². The van der Waals surface area contributed by atoms with Gasteiger partial charge in [0.1, 0.15) is 17.3 Å². The molecule has 9 heteroatoms. The Balaban J connectivity index is 1.35. The van der Waals surface area contributed by atoms with Crippen LogP contribution < -0.4 is 10.2 Å². The van der Waals surface area contributed by atoms with E-state index in [0.717, 1.165) is 51.4 Å². The number of anilines is 2.